The summed E-state index contributed by atoms with van der Waals surface area (Å²) < 4.78 is 17.7. The number of nitrogens with one attached hydrogen (secondary N) is 2. The Morgan fingerprint density at radius 3 is 2.56 bits per heavy atom. The maximum absolute atomic E-state index is 12.2. The number of morpholine rings is 1. The minimum atomic E-state index is -0.320. The van der Waals surface area contributed by atoms with Crippen LogP contribution in [-0.4, -0.2) is 51.0 Å². The van der Waals surface area contributed by atoms with E-state index in [0.717, 1.165) is 34.5 Å². The molecule has 0 atom stereocenters. The van der Waals surface area contributed by atoms with Crippen molar-refractivity contribution in [2.24, 2.45) is 0 Å². The van der Waals surface area contributed by atoms with Crippen molar-refractivity contribution in [2.45, 2.75) is 39.8 Å². The summed E-state index contributed by atoms with van der Waals surface area (Å²) in [5, 5.41) is 7.01. The third-order valence-corrected chi connectivity index (χ3v) is 5.92. The first kappa shape index (κ1) is 26.4. The number of carbonyl (C=O) groups excluding carboxylic acids is 1. The minimum Gasteiger partial charge on any atom is -0.490 e. The van der Waals surface area contributed by atoms with Crippen LogP contribution in [0.15, 0.2) is 34.8 Å². The van der Waals surface area contributed by atoms with Crippen molar-refractivity contribution in [3.05, 3.63) is 45.4 Å². The second kappa shape index (κ2) is 12.0. The molecule has 0 aromatic heterocycles. The Bertz CT molecular complexity index is 991. The first-order valence-corrected chi connectivity index (χ1v) is 12.6. The highest BCUT2D eigenvalue weighted by Crippen LogP contribution is 2.37. The van der Waals surface area contributed by atoms with Gasteiger partial charge in [0.25, 0.3) is 5.91 Å². The predicted octanol–water partition coefficient (Wildman–Crippen LogP) is 5.24. The van der Waals surface area contributed by atoms with Crippen LogP contribution in [0.3, 0.4) is 0 Å². The molecule has 1 fully saturated rings. The van der Waals surface area contributed by atoms with Crippen molar-refractivity contribution in [1.29, 1.82) is 0 Å². The van der Waals surface area contributed by atoms with Gasteiger partial charge in [-0.15, -0.1) is 0 Å². The molecule has 0 aliphatic carbocycles. The van der Waals surface area contributed by atoms with Crippen LogP contribution in [0.4, 0.5) is 11.4 Å². The molecule has 34 heavy (non-hydrogen) atoms. The Balaban J connectivity index is 1.66. The molecule has 9 heteroatoms. The number of hydrogen-bond acceptors (Lipinski definition) is 6. The van der Waals surface area contributed by atoms with Gasteiger partial charge < -0.3 is 29.7 Å². The van der Waals surface area contributed by atoms with Crippen LogP contribution in [0.1, 0.15) is 33.3 Å². The molecular weight excluding hydrogens is 522 g/mol. The summed E-state index contributed by atoms with van der Waals surface area (Å²) in [5.41, 5.74) is 2.62. The van der Waals surface area contributed by atoms with Gasteiger partial charge in [-0.2, -0.15) is 0 Å². The fraction of sp³-hybridized carbons (Fsp3) is 0.480. The molecule has 0 spiro atoms. The van der Waals surface area contributed by atoms with Gasteiger partial charge in [0, 0.05) is 30.9 Å². The SMILES string of the molecule is CCOc1cc(CNc2ccc(N3CCOCC3)c(Cl)c2)cc(Br)c1OCC(=O)NC(C)(C)C. The third-order valence-electron chi connectivity index (χ3n) is 5.03. The third kappa shape index (κ3) is 7.68. The summed E-state index contributed by atoms with van der Waals surface area (Å²) in [6.45, 7) is 11.8. The van der Waals surface area contributed by atoms with Crippen molar-refractivity contribution in [2.75, 3.05) is 49.7 Å². The number of hydrogen-bond donors (Lipinski definition) is 2. The number of rotatable bonds is 9. The van der Waals surface area contributed by atoms with Crippen LogP contribution < -0.4 is 25.0 Å². The van der Waals surface area contributed by atoms with E-state index in [2.05, 4.69) is 31.5 Å². The molecule has 3 rings (SSSR count). The maximum atomic E-state index is 12.2. The fourth-order valence-corrected chi connectivity index (χ4v) is 4.50. The number of anilines is 2. The van der Waals surface area contributed by atoms with Gasteiger partial charge in [-0.1, -0.05) is 11.6 Å². The molecule has 7 nitrogen and oxygen atoms in total. The Morgan fingerprint density at radius 2 is 1.91 bits per heavy atom. The van der Waals surface area contributed by atoms with E-state index in [1.807, 2.05) is 58.0 Å². The molecule has 0 radical (unpaired) electrons. The zero-order valence-electron chi connectivity index (χ0n) is 20.2. The highest BCUT2D eigenvalue weighted by Gasteiger charge is 2.18. The molecule has 0 bridgehead atoms. The zero-order chi connectivity index (χ0) is 24.7. The summed E-state index contributed by atoms with van der Waals surface area (Å²) in [6, 6.07) is 9.88. The fourth-order valence-electron chi connectivity index (χ4n) is 3.60. The number of benzene rings is 2. The topological polar surface area (TPSA) is 72.1 Å². The first-order chi connectivity index (χ1) is 16.2. The lowest BCUT2D eigenvalue weighted by atomic mass is 10.1. The van der Waals surface area contributed by atoms with E-state index in [9.17, 15) is 4.79 Å². The monoisotopic (exact) mass is 553 g/mol. The number of nitrogens with zero attached hydrogens (tertiary/aromatic N) is 1. The van der Waals surface area contributed by atoms with Gasteiger partial charge in [0.15, 0.2) is 18.1 Å². The quantitative estimate of drug-likeness (QED) is 0.442. The minimum absolute atomic E-state index is 0.0957. The van der Waals surface area contributed by atoms with Crippen molar-refractivity contribution in [1.82, 2.24) is 5.32 Å². The molecular formula is C25H33BrClN3O4. The van der Waals surface area contributed by atoms with Crippen molar-refractivity contribution in [3.8, 4) is 11.5 Å². The number of halogens is 2. The molecule has 1 amide bonds. The molecule has 186 valence electrons. The zero-order valence-corrected chi connectivity index (χ0v) is 22.5. The van der Waals surface area contributed by atoms with Crippen molar-refractivity contribution >= 4 is 44.8 Å². The van der Waals surface area contributed by atoms with Gasteiger partial charge in [-0.05, 0) is 79.5 Å². The second-order valence-electron chi connectivity index (χ2n) is 9.04. The largest absolute Gasteiger partial charge is 0.490 e. The van der Waals surface area contributed by atoms with Gasteiger partial charge in [0.2, 0.25) is 0 Å². The molecule has 2 N–H and O–H groups in total. The number of carbonyl (C=O) groups is 1. The average molecular weight is 555 g/mol. The average Bonchev–Trinajstić information content (AvgIpc) is 2.77. The van der Waals surface area contributed by atoms with Crippen LogP contribution in [0.2, 0.25) is 5.02 Å². The van der Waals surface area contributed by atoms with Crippen molar-refractivity contribution in [3.63, 3.8) is 0 Å². The van der Waals surface area contributed by atoms with E-state index in [-0.39, 0.29) is 18.1 Å². The van der Waals surface area contributed by atoms with Crippen LogP contribution in [-0.2, 0) is 16.1 Å². The summed E-state index contributed by atoms with van der Waals surface area (Å²) in [7, 11) is 0. The Labute approximate surface area is 215 Å². The molecule has 0 unspecified atom stereocenters. The van der Waals surface area contributed by atoms with Gasteiger partial charge in [0.1, 0.15) is 0 Å². The van der Waals surface area contributed by atoms with Crippen LogP contribution in [0.25, 0.3) is 0 Å². The smallest absolute Gasteiger partial charge is 0.258 e. The predicted molar refractivity (Wildman–Crippen MR) is 141 cm³/mol. The lowest BCUT2D eigenvalue weighted by Crippen LogP contribution is -2.43. The van der Waals surface area contributed by atoms with Crippen molar-refractivity contribution < 1.29 is 19.0 Å². The Hall–Kier alpha value is -2.16. The van der Waals surface area contributed by atoms with E-state index >= 15 is 0 Å². The second-order valence-corrected chi connectivity index (χ2v) is 10.3. The summed E-state index contributed by atoms with van der Waals surface area (Å²) in [6.07, 6.45) is 0. The highest BCUT2D eigenvalue weighted by molar-refractivity contribution is 9.10. The number of amides is 1. The standard InChI is InChI=1S/C25H33BrClN3O4/c1-5-33-22-13-17(12-19(26)24(22)34-16-23(31)29-25(2,3)4)15-28-18-6-7-21(20(27)14-18)30-8-10-32-11-9-30/h6-7,12-14,28H,5,8-11,15-16H2,1-4H3,(H,29,31). The molecule has 1 heterocycles. The highest BCUT2D eigenvalue weighted by atomic mass is 79.9. The summed E-state index contributed by atoms with van der Waals surface area (Å²) in [4.78, 5) is 14.4. The summed E-state index contributed by atoms with van der Waals surface area (Å²) >= 11 is 10.1. The molecule has 1 saturated heterocycles. The van der Waals surface area contributed by atoms with Crippen LogP contribution in [0, 0.1) is 0 Å². The summed E-state index contributed by atoms with van der Waals surface area (Å²) in [5.74, 6) is 0.899. The maximum Gasteiger partial charge on any atom is 0.258 e. The number of ether oxygens (including phenoxy) is 3. The van der Waals surface area contributed by atoms with E-state index in [0.29, 0.717) is 42.9 Å². The lowest BCUT2D eigenvalue weighted by molar-refractivity contribution is -0.124. The van der Waals surface area contributed by atoms with E-state index < -0.39 is 0 Å². The molecule has 1 aliphatic heterocycles. The van der Waals surface area contributed by atoms with Gasteiger partial charge in [0.05, 0.1) is 35.0 Å². The lowest BCUT2D eigenvalue weighted by Gasteiger charge is -2.29. The van der Waals surface area contributed by atoms with Gasteiger partial charge >= 0.3 is 0 Å². The van der Waals surface area contributed by atoms with Crippen LogP contribution in [0.5, 0.6) is 11.5 Å². The first-order valence-electron chi connectivity index (χ1n) is 11.4. The Kier molecular flexibility index (Phi) is 9.33. The molecule has 2 aromatic carbocycles. The van der Waals surface area contributed by atoms with E-state index in [4.69, 9.17) is 25.8 Å². The molecule has 0 saturated carbocycles. The van der Waals surface area contributed by atoms with E-state index in [1.54, 1.807) is 0 Å². The van der Waals surface area contributed by atoms with E-state index in [1.165, 1.54) is 0 Å². The molecule has 2 aromatic rings. The molecule has 1 aliphatic rings. The van der Waals surface area contributed by atoms with Gasteiger partial charge in [-0.3, -0.25) is 4.79 Å². The van der Waals surface area contributed by atoms with Gasteiger partial charge in [-0.25, -0.2) is 0 Å². The van der Waals surface area contributed by atoms with Crippen LogP contribution >= 0.6 is 27.5 Å². The Morgan fingerprint density at radius 1 is 1.18 bits per heavy atom. The normalized spacial score (nSPS) is 14.0.